The Kier molecular flexibility index (Phi) is 3.16. The maximum Gasteiger partial charge on any atom is 0.184 e. The highest BCUT2D eigenvalue weighted by atomic mass is 16.3. The Bertz CT molecular complexity index is 539. The van der Waals surface area contributed by atoms with Gasteiger partial charge >= 0.3 is 0 Å². The maximum atomic E-state index is 11.9. The van der Waals surface area contributed by atoms with E-state index in [4.69, 9.17) is 0 Å². The van der Waals surface area contributed by atoms with Crippen molar-refractivity contribution in [2.45, 2.75) is 71.0 Å². The number of aliphatic hydroxyl groups excluding tert-OH is 2. The Morgan fingerprint density at radius 2 is 1.86 bits per heavy atom. The number of fused-ring (bicyclic) bond motifs is 5. The van der Waals surface area contributed by atoms with Crippen molar-refractivity contribution in [3.63, 3.8) is 0 Å². The normalized spacial score (nSPS) is 54.3. The van der Waals surface area contributed by atoms with Crippen LogP contribution in [0.1, 0.15) is 58.8 Å². The summed E-state index contributed by atoms with van der Waals surface area (Å²) in [6.45, 7) is 4.57. The summed E-state index contributed by atoms with van der Waals surface area (Å²) in [6, 6.07) is 0. The molecule has 0 unspecified atom stereocenters. The minimum absolute atomic E-state index is 0.00881. The van der Waals surface area contributed by atoms with Crippen molar-refractivity contribution in [3.05, 3.63) is 11.6 Å². The molecule has 4 aliphatic carbocycles. The van der Waals surface area contributed by atoms with E-state index in [1.54, 1.807) is 6.08 Å². The predicted octanol–water partition coefficient (Wildman–Crippen LogP) is 2.85. The molecule has 4 rings (SSSR count). The minimum atomic E-state index is -0.810. The van der Waals surface area contributed by atoms with E-state index in [0.29, 0.717) is 24.2 Å². The zero-order chi connectivity index (χ0) is 15.7. The summed E-state index contributed by atoms with van der Waals surface area (Å²) in [6.07, 6.45) is 7.88. The molecule has 3 saturated carbocycles. The molecule has 7 atom stereocenters. The number of hydrogen-bond donors (Lipinski definition) is 2. The van der Waals surface area contributed by atoms with Crippen LogP contribution in [0.25, 0.3) is 0 Å². The van der Waals surface area contributed by atoms with Crippen LogP contribution in [0.5, 0.6) is 0 Å². The largest absolute Gasteiger partial charge is 0.393 e. The van der Waals surface area contributed by atoms with Crippen LogP contribution in [0.15, 0.2) is 11.6 Å². The second-order valence-electron chi connectivity index (χ2n) is 8.76. The molecule has 122 valence electrons. The van der Waals surface area contributed by atoms with Gasteiger partial charge in [-0.05, 0) is 79.6 Å². The SMILES string of the molecule is C[C@@]12CC[C@H]3[C@@H](CCC4=CC(=O)[C@H](O)C[C@]43C)[C@@H]1CC[C@@H]2O. The fraction of sp³-hybridized carbons (Fsp3) is 0.842. The second kappa shape index (κ2) is 4.67. The minimum Gasteiger partial charge on any atom is -0.393 e. The first-order chi connectivity index (χ1) is 10.4. The van der Waals surface area contributed by atoms with Crippen LogP contribution < -0.4 is 0 Å². The molecule has 0 radical (unpaired) electrons. The van der Waals surface area contributed by atoms with Crippen LogP contribution in [0, 0.1) is 28.6 Å². The average Bonchev–Trinajstić information content (AvgIpc) is 2.77. The predicted molar refractivity (Wildman–Crippen MR) is 84.1 cm³/mol. The van der Waals surface area contributed by atoms with Crippen LogP contribution in [0.3, 0.4) is 0 Å². The van der Waals surface area contributed by atoms with Gasteiger partial charge in [-0.15, -0.1) is 0 Å². The molecule has 0 amide bonds. The van der Waals surface area contributed by atoms with Crippen molar-refractivity contribution in [3.8, 4) is 0 Å². The standard InChI is InChI=1S/C19H28O3/c1-18-8-7-14-12(13(18)5-6-17(18)22)4-3-11-9-15(20)16(21)10-19(11,14)2/h9,12-14,16-17,21-22H,3-8,10H2,1-2H3/t12-,13-,14-,16+,17-,18+,19+/m0/s1. The van der Waals surface area contributed by atoms with E-state index in [1.165, 1.54) is 5.57 Å². The van der Waals surface area contributed by atoms with E-state index in [9.17, 15) is 15.0 Å². The maximum absolute atomic E-state index is 11.9. The van der Waals surface area contributed by atoms with Crippen LogP contribution in [-0.2, 0) is 4.79 Å². The highest BCUT2D eigenvalue weighted by Crippen LogP contribution is 2.65. The number of ketones is 1. The summed E-state index contributed by atoms with van der Waals surface area (Å²) in [5.41, 5.74) is 1.37. The topological polar surface area (TPSA) is 57.5 Å². The molecule has 3 nitrogen and oxygen atoms in total. The third kappa shape index (κ3) is 1.78. The Morgan fingerprint density at radius 3 is 2.64 bits per heavy atom. The lowest BCUT2D eigenvalue weighted by molar-refractivity contribution is -0.128. The summed E-state index contributed by atoms with van der Waals surface area (Å²) < 4.78 is 0. The Labute approximate surface area is 132 Å². The lowest BCUT2D eigenvalue weighted by Crippen LogP contribution is -2.52. The quantitative estimate of drug-likeness (QED) is 0.723. The molecule has 3 heteroatoms. The average molecular weight is 304 g/mol. The summed E-state index contributed by atoms with van der Waals surface area (Å²) in [4.78, 5) is 11.9. The van der Waals surface area contributed by atoms with Gasteiger partial charge < -0.3 is 10.2 Å². The third-order valence-corrected chi connectivity index (χ3v) is 7.95. The molecule has 22 heavy (non-hydrogen) atoms. The number of aliphatic hydroxyl groups is 2. The van der Waals surface area contributed by atoms with Gasteiger partial charge in [-0.1, -0.05) is 19.4 Å². The van der Waals surface area contributed by atoms with Crippen molar-refractivity contribution < 1.29 is 15.0 Å². The van der Waals surface area contributed by atoms with Crippen LogP contribution in [-0.4, -0.2) is 28.2 Å². The summed E-state index contributed by atoms with van der Waals surface area (Å²) >= 11 is 0. The summed E-state index contributed by atoms with van der Waals surface area (Å²) in [7, 11) is 0. The molecular weight excluding hydrogens is 276 g/mol. The number of carbonyl (C=O) groups is 1. The van der Waals surface area contributed by atoms with Gasteiger partial charge in [0.05, 0.1) is 6.10 Å². The molecule has 0 bridgehead atoms. The molecule has 4 aliphatic rings. The lowest BCUT2D eigenvalue weighted by atomic mass is 9.47. The highest BCUT2D eigenvalue weighted by molar-refractivity contribution is 5.95. The molecule has 3 fully saturated rings. The zero-order valence-electron chi connectivity index (χ0n) is 13.7. The van der Waals surface area contributed by atoms with Crippen molar-refractivity contribution >= 4 is 5.78 Å². The van der Waals surface area contributed by atoms with Crippen LogP contribution in [0.4, 0.5) is 0 Å². The molecule has 0 aromatic rings. The summed E-state index contributed by atoms with van der Waals surface area (Å²) in [5, 5.41) is 20.6. The molecule has 0 aromatic heterocycles. The first-order valence-corrected chi connectivity index (χ1v) is 8.97. The van der Waals surface area contributed by atoms with E-state index in [0.717, 1.165) is 38.5 Å². The molecular formula is C19H28O3. The first kappa shape index (κ1) is 14.9. The van der Waals surface area contributed by atoms with Gasteiger partial charge in [-0.3, -0.25) is 4.79 Å². The Balaban J connectivity index is 1.70. The molecule has 0 saturated heterocycles. The van der Waals surface area contributed by atoms with Crippen molar-refractivity contribution in [1.82, 2.24) is 0 Å². The van der Waals surface area contributed by atoms with Crippen molar-refractivity contribution in [2.75, 3.05) is 0 Å². The van der Waals surface area contributed by atoms with E-state index < -0.39 is 6.10 Å². The van der Waals surface area contributed by atoms with Gasteiger partial charge in [0.25, 0.3) is 0 Å². The molecule has 2 N–H and O–H groups in total. The molecule has 0 aromatic carbocycles. The molecule has 0 heterocycles. The van der Waals surface area contributed by atoms with Gasteiger partial charge in [-0.2, -0.15) is 0 Å². The number of carbonyl (C=O) groups excluding carboxylic acids is 1. The van der Waals surface area contributed by atoms with Crippen LogP contribution >= 0.6 is 0 Å². The van der Waals surface area contributed by atoms with Gasteiger partial charge in [0.2, 0.25) is 0 Å². The van der Waals surface area contributed by atoms with Crippen molar-refractivity contribution in [1.29, 1.82) is 0 Å². The first-order valence-electron chi connectivity index (χ1n) is 8.97. The molecule has 0 spiro atoms. The van der Waals surface area contributed by atoms with Crippen molar-refractivity contribution in [2.24, 2.45) is 28.6 Å². The fourth-order valence-electron chi connectivity index (χ4n) is 6.59. The lowest BCUT2D eigenvalue weighted by Gasteiger charge is -2.58. The van der Waals surface area contributed by atoms with E-state index >= 15 is 0 Å². The second-order valence-corrected chi connectivity index (χ2v) is 8.76. The van der Waals surface area contributed by atoms with E-state index in [1.807, 2.05) is 0 Å². The van der Waals surface area contributed by atoms with Crippen LogP contribution in [0.2, 0.25) is 0 Å². The fourth-order valence-corrected chi connectivity index (χ4v) is 6.59. The number of hydrogen-bond acceptors (Lipinski definition) is 3. The van der Waals surface area contributed by atoms with E-state index in [2.05, 4.69) is 13.8 Å². The highest BCUT2D eigenvalue weighted by Gasteiger charge is 2.59. The van der Waals surface area contributed by atoms with Gasteiger partial charge in [0, 0.05) is 0 Å². The zero-order valence-corrected chi connectivity index (χ0v) is 13.7. The molecule has 0 aliphatic heterocycles. The third-order valence-electron chi connectivity index (χ3n) is 7.95. The smallest absolute Gasteiger partial charge is 0.184 e. The van der Waals surface area contributed by atoms with Gasteiger partial charge in [-0.25, -0.2) is 0 Å². The van der Waals surface area contributed by atoms with Gasteiger partial charge in [0.15, 0.2) is 5.78 Å². The Morgan fingerprint density at radius 1 is 1.09 bits per heavy atom. The van der Waals surface area contributed by atoms with E-state index in [-0.39, 0.29) is 22.7 Å². The Hall–Kier alpha value is -0.670. The number of allylic oxidation sites excluding steroid dienone is 1. The van der Waals surface area contributed by atoms with Gasteiger partial charge in [0.1, 0.15) is 6.10 Å². The summed E-state index contributed by atoms with van der Waals surface area (Å²) in [5.74, 6) is 1.74. The number of rotatable bonds is 0. The monoisotopic (exact) mass is 304 g/mol.